The first-order valence-electron chi connectivity index (χ1n) is 9.51. The Kier molecular flexibility index (Phi) is 6.65. The first-order valence-corrected chi connectivity index (χ1v) is 9.51. The molecule has 2 heterocycles. The lowest BCUT2D eigenvalue weighted by Crippen LogP contribution is -2.49. The number of pyridine rings is 1. The molecular weight excluding hydrogens is 340 g/mol. The summed E-state index contributed by atoms with van der Waals surface area (Å²) in [4.78, 5) is 19.0. The molecule has 1 fully saturated rings. The molecule has 144 valence electrons. The van der Waals surface area contributed by atoms with Gasteiger partial charge in [-0.25, -0.2) is 4.98 Å². The van der Waals surface area contributed by atoms with E-state index in [0.29, 0.717) is 18.2 Å². The topological polar surface area (TPSA) is 66.5 Å². The maximum atomic E-state index is 12.3. The highest BCUT2D eigenvalue weighted by molar-refractivity contribution is 5.94. The van der Waals surface area contributed by atoms with E-state index in [1.165, 1.54) is 5.56 Å². The van der Waals surface area contributed by atoms with Gasteiger partial charge in [0, 0.05) is 38.4 Å². The van der Waals surface area contributed by atoms with E-state index in [1.807, 2.05) is 24.3 Å². The molecule has 1 amide bonds. The second kappa shape index (κ2) is 9.37. The van der Waals surface area contributed by atoms with Crippen LogP contribution in [0.2, 0.25) is 0 Å². The van der Waals surface area contributed by atoms with Crippen molar-refractivity contribution in [3.63, 3.8) is 0 Å². The van der Waals surface area contributed by atoms with Gasteiger partial charge in [0.05, 0.1) is 12.7 Å². The van der Waals surface area contributed by atoms with Crippen molar-refractivity contribution in [2.75, 3.05) is 38.2 Å². The Balaban J connectivity index is 1.43. The van der Waals surface area contributed by atoms with E-state index in [1.54, 1.807) is 13.3 Å². The van der Waals surface area contributed by atoms with Gasteiger partial charge in [-0.2, -0.15) is 0 Å². The van der Waals surface area contributed by atoms with Crippen LogP contribution < -0.4 is 20.3 Å². The second-order valence-corrected chi connectivity index (χ2v) is 6.91. The number of hydrogen-bond acceptors (Lipinski definition) is 5. The van der Waals surface area contributed by atoms with E-state index >= 15 is 0 Å². The molecule has 2 N–H and O–H groups in total. The van der Waals surface area contributed by atoms with Crippen molar-refractivity contribution < 1.29 is 9.53 Å². The van der Waals surface area contributed by atoms with E-state index in [0.717, 1.165) is 44.0 Å². The van der Waals surface area contributed by atoms with E-state index in [4.69, 9.17) is 4.74 Å². The highest BCUT2D eigenvalue weighted by Crippen LogP contribution is 2.14. The largest absolute Gasteiger partial charge is 0.497 e. The van der Waals surface area contributed by atoms with Gasteiger partial charge in [-0.05, 0) is 49.6 Å². The lowest BCUT2D eigenvalue weighted by molar-refractivity contribution is 0.0953. The molecule has 1 aliphatic heterocycles. The minimum Gasteiger partial charge on any atom is -0.497 e. The number of ether oxygens (including phenoxy) is 1. The van der Waals surface area contributed by atoms with Crippen LogP contribution in [0, 0.1) is 0 Å². The number of aromatic nitrogens is 1. The molecule has 0 saturated carbocycles. The standard InChI is InChI=1S/C21H28N4O2/c1-16-15-25(13-12-22-16)20-10-7-18(14-24-20)21(26)23-11-3-4-17-5-8-19(27-2)9-6-17/h5-10,14,16,22H,3-4,11-13,15H2,1-2H3,(H,23,26). The number of methoxy groups -OCH3 is 1. The van der Waals surface area contributed by atoms with Gasteiger partial charge in [0.1, 0.15) is 11.6 Å². The number of carbonyl (C=O) groups is 1. The highest BCUT2D eigenvalue weighted by Gasteiger charge is 2.17. The van der Waals surface area contributed by atoms with E-state index in [9.17, 15) is 4.79 Å². The SMILES string of the molecule is COc1ccc(CCCNC(=O)c2ccc(N3CCNC(C)C3)nc2)cc1. The average molecular weight is 368 g/mol. The number of rotatable bonds is 7. The fraction of sp³-hybridized carbons (Fsp3) is 0.429. The van der Waals surface area contributed by atoms with Crippen molar-refractivity contribution >= 4 is 11.7 Å². The fourth-order valence-electron chi connectivity index (χ4n) is 3.24. The van der Waals surface area contributed by atoms with Crippen molar-refractivity contribution in [1.29, 1.82) is 0 Å². The zero-order chi connectivity index (χ0) is 19.1. The molecule has 3 rings (SSSR count). The molecule has 0 radical (unpaired) electrons. The molecule has 0 bridgehead atoms. The Morgan fingerprint density at radius 2 is 2.11 bits per heavy atom. The smallest absolute Gasteiger partial charge is 0.252 e. The highest BCUT2D eigenvalue weighted by atomic mass is 16.5. The van der Waals surface area contributed by atoms with Crippen LogP contribution in [0.5, 0.6) is 5.75 Å². The number of carbonyl (C=O) groups excluding carboxylic acids is 1. The van der Waals surface area contributed by atoms with E-state index in [2.05, 4.69) is 39.6 Å². The Labute approximate surface area is 160 Å². The van der Waals surface area contributed by atoms with Gasteiger partial charge in [0.2, 0.25) is 0 Å². The number of benzene rings is 1. The van der Waals surface area contributed by atoms with Gasteiger partial charge in [-0.3, -0.25) is 4.79 Å². The summed E-state index contributed by atoms with van der Waals surface area (Å²) in [6.45, 7) is 5.64. The monoisotopic (exact) mass is 368 g/mol. The lowest BCUT2D eigenvalue weighted by Gasteiger charge is -2.32. The van der Waals surface area contributed by atoms with Gasteiger partial charge in [0.15, 0.2) is 0 Å². The maximum Gasteiger partial charge on any atom is 0.252 e. The van der Waals surface area contributed by atoms with E-state index in [-0.39, 0.29) is 5.91 Å². The number of nitrogens with zero attached hydrogens (tertiary/aromatic N) is 2. The molecule has 6 nitrogen and oxygen atoms in total. The van der Waals surface area contributed by atoms with Crippen molar-refractivity contribution in [2.24, 2.45) is 0 Å². The molecule has 1 aromatic heterocycles. The van der Waals surface area contributed by atoms with Crippen LogP contribution in [0.3, 0.4) is 0 Å². The van der Waals surface area contributed by atoms with Crippen molar-refractivity contribution in [3.05, 3.63) is 53.7 Å². The normalized spacial score (nSPS) is 16.8. The third-order valence-electron chi connectivity index (χ3n) is 4.79. The molecule has 0 spiro atoms. The maximum absolute atomic E-state index is 12.3. The lowest BCUT2D eigenvalue weighted by atomic mass is 10.1. The molecule has 1 atom stereocenters. The summed E-state index contributed by atoms with van der Waals surface area (Å²) in [5, 5.41) is 6.39. The Hall–Kier alpha value is -2.60. The number of amides is 1. The summed E-state index contributed by atoms with van der Waals surface area (Å²) in [6.07, 6.45) is 3.48. The summed E-state index contributed by atoms with van der Waals surface area (Å²) in [6, 6.07) is 12.3. The van der Waals surface area contributed by atoms with E-state index < -0.39 is 0 Å². The molecule has 2 aromatic rings. The summed E-state index contributed by atoms with van der Waals surface area (Å²) >= 11 is 0. The summed E-state index contributed by atoms with van der Waals surface area (Å²) in [5.74, 6) is 1.72. The Morgan fingerprint density at radius 3 is 2.78 bits per heavy atom. The van der Waals surface area contributed by atoms with Crippen LogP contribution in [-0.4, -0.2) is 50.2 Å². The third-order valence-corrected chi connectivity index (χ3v) is 4.79. The van der Waals surface area contributed by atoms with Crippen LogP contribution >= 0.6 is 0 Å². The molecule has 1 saturated heterocycles. The molecule has 1 aliphatic rings. The summed E-state index contributed by atoms with van der Waals surface area (Å²) in [5.41, 5.74) is 1.84. The van der Waals surface area contributed by atoms with Crippen LogP contribution in [0.15, 0.2) is 42.6 Å². The van der Waals surface area contributed by atoms with Crippen LogP contribution in [-0.2, 0) is 6.42 Å². The molecule has 27 heavy (non-hydrogen) atoms. The second-order valence-electron chi connectivity index (χ2n) is 6.91. The van der Waals surface area contributed by atoms with Crippen molar-refractivity contribution in [2.45, 2.75) is 25.8 Å². The molecule has 0 aliphatic carbocycles. The predicted molar refractivity (Wildman–Crippen MR) is 108 cm³/mol. The van der Waals surface area contributed by atoms with Crippen LogP contribution in [0.25, 0.3) is 0 Å². The number of aryl methyl sites for hydroxylation is 1. The van der Waals surface area contributed by atoms with Gasteiger partial charge in [-0.15, -0.1) is 0 Å². The molecule has 1 aromatic carbocycles. The minimum atomic E-state index is -0.0718. The molecule has 1 unspecified atom stereocenters. The number of piperazine rings is 1. The number of anilines is 1. The summed E-state index contributed by atoms with van der Waals surface area (Å²) < 4.78 is 5.16. The van der Waals surface area contributed by atoms with Crippen LogP contribution in [0.4, 0.5) is 5.82 Å². The zero-order valence-corrected chi connectivity index (χ0v) is 16.1. The molecule has 6 heteroatoms. The average Bonchev–Trinajstić information content (AvgIpc) is 2.71. The van der Waals surface area contributed by atoms with Crippen molar-refractivity contribution in [1.82, 2.24) is 15.6 Å². The Bertz CT molecular complexity index is 731. The van der Waals surface area contributed by atoms with Gasteiger partial charge < -0.3 is 20.3 Å². The quantitative estimate of drug-likeness (QED) is 0.734. The van der Waals surface area contributed by atoms with Gasteiger partial charge >= 0.3 is 0 Å². The Morgan fingerprint density at radius 1 is 1.30 bits per heavy atom. The first-order chi connectivity index (χ1) is 13.2. The minimum absolute atomic E-state index is 0.0718. The summed E-state index contributed by atoms with van der Waals surface area (Å²) in [7, 11) is 1.66. The third kappa shape index (κ3) is 5.44. The fourth-order valence-corrected chi connectivity index (χ4v) is 3.24. The van der Waals surface area contributed by atoms with Crippen molar-refractivity contribution in [3.8, 4) is 5.75 Å². The molecular formula is C21H28N4O2. The van der Waals surface area contributed by atoms with Gasteiger partial charge in [0.25, 0.3) is 5.91 Å². The number of hydrogen-bond donors (Lipinski definition) is 2. The van der Waals surface area contributed by atoms with Crippen LogP contribution in [0.1, 0.15) is 29.3 Å². The zero-order valence-electron chi connectivity index (χ0n) is 16.1. The van der Waals surface area contributed by atoms with Gasteiger partial charge in [-0.1, -0.05) is 12.1 Å². The first kappa shape index (κ1) is 19.2. The predicted octanol–water partition coefficient (Wildman–Crippen LogP) is 2.25. The number of nitrogens with one attached hydrogen (secondary N) is 2.